The number of esters is 1. The van der Waals surface area contributed by atoms with E-state index in [1.165, 1.54) is 7.11 Å². The highest BCUT2D eigenvalue weighted by Gasteiger charge is 2.03. The summed E-state index contributed by atoms with van der Waals surface area (Å²) in [5.74, 6) is -0.164. The molecule has 2 heteroatoms. The van der Waals surface area contributed by atoms with Crippen LogP contribution in [0.25, 0.3) is 0 Å². The van der Waals surface area contributed by atoms with Crippen molar-refractivity contribution in [3.63, 3.8) is 0 Å². The number of ether oxygens (including phenoxy) is 1. The number of carbonyl (C=O) groups excluding carboxylic acids is 1. The molecule has 0 aliphatic heterocycles. The molecule has 0 saturated carbocycles. The van der Waals surface area contributed by atoms with Crippen molar-refractivity contribution in [1.29, 1.82) is 0 Å². The van der Waals surface area contributed by atoms with Crippen LogP contribution >= 0.6 is 0 Å². The lowest BCUT2D eigenvalue weighted by molar-refractivity contribution is -0.139. The first-order valence-electron chi connectivity index (χ1n) is 3.75. The Kier molecular flexibility index (Phi) is 2.90. The average Bonchev–Trinajstić information content (AvgIpc) is 2.06. The predicted molar refractivity (Wildman–Crippen MR) is 43.1 cm³/mol. The molecule has 0 heterocycles. The van der Waals surface area contributed by atoms with Crippen LogP contribution in [0.2, 0.25) is 0 Å². The summed E-state index contributed by atoms with van der Waals surface area (Å²) in [6.07, 6.45) is 8.69. The van der Waals surface area contributed by atoms with Gasteiger partial charge in [-0.2, -0.15) is 0 Å². The van der Waals surface area contributed by atoms with Crippen LogP contribution in [-0.2, 0) is 9.53 Å². The zero-order valence-corrected chi connectivity index (χ0v) is 6.67. The highest BCUT2D eigenvalue weighted by atomic mass is 16.5. The van der Waals surface area contributed by atoms with Crippen molar-refractivity contribution in [1.82, 2.24) is 0 Å². The zero-order valence-electron chi connectivity index (χ0n) is 6.67. The highest BCUT2D eigenvalue weighted by molar-refractivity contribution is 5.73. The maximum Gasteiger partial charge on any atom is 0.309 e. The lowest BCUT2D eigenvalue weighted by Gasteiger charge is -2.04. The van der Waals surface area contributed by atoms with E-state index in [1.807, 2.05) is 6.08 Å². The Morgan fingerprint density at radius 1 is 1.64 bits per heavy atom. The quantitative estimate of drug-likeness (QED) is 0.564. The third-order valence-corrected chi connectivity index (χ3v) is 1.65. The monoisotopic (exact) mass is 152 g/mol. The molecule has 0 unspecified atom stereocenters. The molecule has 0 aromatic heterocycles. The minimum Gasteiger partial charge on any atom is -0.469 e. The van der Waals surface area contributed by atoms with Gasteiger partial charge in [-0.15, -0.1) is 0 Å². The molecule has 0 N–H and O–H groups in total. The van der Waals surface area contributed by atoms with E-state index in [0.717, 1.165) is 18.4 Å². The Balaban J connectivity index is 2.42. The van der Waals surface area contributed by atoms with Crippen LogP contribution in [0.5, 0.6) is 0 Å². The fraction of sp³-hybridized carbons (Fsp3) is 0.444. The summed E-state index contributed by atoms with van der Waals surface area (Å²) in [5.41, 5.74) is 1.07. The molecular weight excluding hydrogens is 140 g/mol. The molecule has 0 spiro atoms. The number of rotatable bonds is 2. The molecule has 0 radical (unpaired) electrons. The molecule has 2 nitrogen and oxygen atoms in total. The number of methoxy groups -OCH3 is 1. The van der Waals surface area contributed by atoms with Crippen LogP contribution in [-0.4, -0.2) is 13.1 Å². The first-order chi connectivity index (χ1) is 5.33. The largest absolute Gasteiger partial charge is 0.469 e. The number of allylic oxidation sites excluding steroid dienone is 3. The van der Waals surface area contributed by atoms with Crippen LogP contribution in [0.3, 0.4) is 0 Å². The molecule has 1 aliphatic carbocycles. The van der Waals surface area contributed by atoms with E-state index in [4.69, 9.17) is 0 Å². The molecule has 0 fully saturated rings. The molecule has 0 amide bonds. The van der Waals surface area contributed by atoms with Crippen LogP contribution < -0.4 is 0 Å². The van der Waals surface area contributed by atoms with Gasteiger partial charge in [-0.05, 0) is 18.4 Å². The molecule has 0 atom stereocenters. The third kappa shape index (κ3) is 2.58. The van der Waals surface area contributed by atoms with E-state index >= 15 is 0 Å². The average molecular weight is 152 g/mol. The number of hydrogen-bond donors (Lipinski definition) is 0. The standard InChI is InChI=1S/C9H12O2/c1-11-9(10)7-8-5-3-2-4-6-8/h3,5-6H,2,4,7H2,1H3. The number of hydrogen-bond acceptors (Lipinski definition) is 2. The summed E-state index contributed by atoms with van der Waals surface area (Å²) in [6.45, 7) is 0. The Morgan fingerprint density at radius 2 is 2.45 bits per heavy atom. The van der Waals surface area contributed by atoms with Gasteiger partial charge in [-0.25, -0.2) is 0 Å². The zero-order chi connectivity index (χ0) is 8.10. The Morgan fingerprint density at radius 3 is 3.00 bits per heavy atom. The summed E-state index contributed by atoms with van der Waals surface area (Å²) < 4.78 is 4.54. The summed E-state index contributed by atoms with van der Waals surface area (Å²) in [7, 11) is 1.41. The van der Waals surface area contributed by atoms with E-state index in [2.05, 4.69) is 16.9 Å². The molecule has 1 aliphatic rings. The van der Waals surface area contributed by atoms with Crippen molar-refractivity contribution in [2.45, 2.75) is 19.3 Å². The first-order valence-corrected chi connectivity index (χ1v) is 3.75. The normalized spacial score (nSPS) is 15.9. The van der Waals surface area contributed by atoms with E-state index in [-0.39, 0.29) is 5.97 Å². The van der Waals surface area contributed by atoms with Crippen molar-refractivity contribution in [3.05, 3.63) is 23.8 Å². The van der Waals surface area contributed by atoms with Crippen molar-refractivity contribution in [2.75, 3.05) is 7.11 Å². The lowest BCUT2D eigenvalue weighted by atomic mass is 10.0. The van der Waals surface area contributed by atoms with Gasteiger partial charge in [0.1, 0.15) is 0 Å². The maximum atomic E-state index is 10.8. The van der Waals surface area contributed by atoms with Gasteiger partial charge >= 0.3 is 5.97 Å². The van der Waals surface area contributed by atoms with Gasteiger partial charge in [0.25, 0.3) is 0 Å². The number of carbonyl (C=O) groups is 1. The topological polar surface area (TPSA) is 26.3 Å². The Hall–Kier alpha value is -1.05. The fourth-order valence-corrected chi connectivity index (χ4v) is 1.04. The summed E-state index contributed by atoms with van der Waals surface area (Å²) in [6, 6.07) is 0. The maximum absolute atomic E-state index is 10.8. The van der Waals surface area contributed by atoms with Gasteiger partial charge in [-0.3, -0.25) is 4.79 Å². The van der Waals surface area contributed by atoms with Crippen molar-refractivity contribution in [2.24, 2.45) is 0 Å². The van der Waals surface area contributed by atoms with Gasteiger partial charge in [-0.1, -0.05) is 18.2 Å². The van der Waals surface area contributed by atoms with E-state index < -0.39 is 0 Å². The van der Waals surface area contributed by atoms with E-state index in [9.17, 15) is 4.79 Å². The van der Waals surface area contributed by atoms with Crippen molar-refractivity contribution < 1.29 is 9.53 Å². The van der Waals surface area contributed by atoms with Crippen LogP contribution in [0, 0.1) is 0 Å². The van der Waals surface area contributed by atoms with Gasteiger partial charge in [0.15, 0.2) is 0 Å². The Bertz CT molecular complexity index is 202. The summed E-state index contributed by atoms with van der Waals surface area (Å²) >= 11 is 0. The van der Waals surface area contributed by atoms with Crippen LogP contribution in [0.15, 0.2) is 23.8 Å². The van der Waals surface area contributed by atoms with Crippen molar-refractivity contribution in [3.8, 4) is 0 Å². The van der Waals surface area contributed by atoms with Crippen molar-refractivity contribution >= 4 is 5.97 Å². The third-order valence-electron chi connectivity index (χ3n) is 1.65. The second-order valence-corrected chi connectivity index (χ2v) is 2.51. The molecule has 60 valence electrons. The lowest BCUT2D eigenvalue weighted by Crippen LogP contribution is -2.01. The molecule has 1 rings (SSSR count). The van der Waals surface area contributed by atoms with Gasteiger partial charge in [0.05, 0.1) is 13.5 Å². The van der Waals surface area contributed by atoms with Gasteiger partial charge in [0, 0.05) is 0 Å². The van der Waals surface area contributed by atoms with Gasteiger partial charge in [0.2, 0.25) is 0 Å². The summed E-state index contributed by atoms with van der Waals surface area (Å²) in [4.78, 5) is 10.8. The molecule has 11 heavy (non-hydrogen) atoms. The minimum atomic E-state index is -0.164. The minimum absolute atomic E-state index is 0.164. The summed E-state index contributed by atoms with van der Waals surface area (Å²) in [5, 5.41) is 0. The highest BCUT2D eigenvalue weighted by Crippen LogP contribution is 2.12. The molecule has 0 aromatic carbocycles. The second-order valence-electron chi connectivity index (χ2n) is 2.51. The molecular formula is C9H12O2. The first kappa shape index (κ1) is 8.05. The predicted octanol–water partition coefficient (Wildman–Crippen LogP) is 1.83. The molecule has 0 bridgehead atoms. The fourth-order valence-electron chi connectivity index (χ4n) is 1.04. The SMILES string of the molecule is COC(=O)CC1=CCCC=C1. The van der Waals surface area contributed by atoms with Gasteiger partial charge < -0.3 is 4.74 Å². The van der Waals surface area contributed by atoms with E-state index in [0.29, 0.717) is 6.42 Å². The second kappa shape index (κ2) is 3.96. The van der Waals surface area contributed by atoms with Crippen LogP contribution in [0.1, 0.15) is 19.3 Å². The Labute approximate surface area is 66.5 Å². The van der Waals surface area contributed by atoms with Crippen LogP contribution in [0.4, 0.5) is 0 Å². The molecule has 0 aromatic rings. The van der Waals surface area contributed by atoms with E-state index in [1.54, 1.807) is 0 Å². The molecule has 0 saturated heterocycles. The smallest absolute Gasteiger partial charge is 0.309 e.